The van der Waals surface area contributed by atoms with Crippen LogP contribution in [-0.2, 0) is 16.1 Å². The third kappa shape index (κ3) is 4.81. The van der Waals surface area contributed by atoms with Crippen molar-refractivity contribution in [2.45, 2.75) is 45.6 Å². The van der Waals surface area contributed by atoms with Gasteiger partial charge in [0.05, 0.1) is 0 Å². The van der Waals surface area contributed by atoms with E-state index in [1.807, 2.05) is 45.0 Å². The van der Waals surface area contributed by atoms with Crippen molar-refractivity contribution in [3.05, 3.63) is 29.8 Å². The quantitative estimate of drug-likeness (QED) is 0.483. The second kappa shape index (κ2) is 8.89. The molecule has 2 amide bonds. The maximum atomic E-state index is 13.1. The Morgan fingerprint density at radius 2 is 1.82 bits per heavy atom. The molecule has 6 N–H and O–H groups in total. The van der Waals surface area contributed by atoms with Crippen molar-refractivity contribution in [2.24, 2.45) is 23.3 Å². The minimum Gasteiger partial charge on any atom is -0.368 e. The molecule has 2 rings (SSSR count). The maximum absolute atomic E-state index is 13.1. The van der Waals surface area contributed by atoms with E-state index in [4.69, 9.17) is 11.5 Å². The molecule has 0 aliphatic carbocycles. The van der Waals surface area contributed by atoms with Crippen molar-refractivity contribution < 1.29 is 19.8 Å². The van der Waals surface area contributed by atoms with Crippen LogP contribution in [0.3, 0.4) is 0 Å². The molecule has 2 atom stereocenters. The van der Waals surface area contributed by atoms with E-state index in [0.717, 1.165) is 11.3 Å². The van der Waals surface area contributed by atoms with Crippen LogP contribution >= 0.6 is 0 Å². The Morgan fingerprint density at radius 3 is 2.29 bits per heavy atom. The number of nitrogens with two attached hydrogens (primary N) is 2. The molecule has 1 aliphatic heterocycles. The summed E-state index contributed by atoms with van der Waals surface area (Å²) in [5, 5.41) is 20.4. The van der Waals surface area contributed by atoms with Crippen LogP contribution in [0.25, 0.3) is 0 Å². The molecule has 1 aliphatic rings. The Balaban J connectivity index is 2.14. The van der Waals surface area contributed by atoms with E-state index in [1.165, 1.54) is 0 Å². The summed E-state index contributed by atoms with van der Waals surface area (Å²) in [6.07, 6.45) is 0.155. The van der Waals surface area contributed by atoms with E-state index in [-0.39, 0.29) is 18.4 Å². The molecule has 0 aromatic heterocycles. The predicted molar refractivity (Wildman–Crippen MR) is 107 cm³/mol. The number of anilines is 1. The number of aliphatic hydroxyl groups is 2. The van der Waals surface area contributed by atoms with Crippen molar-refractivity contribution in [3.63, 3.8) is 0 Å². The molecule has 156 valence electrons. The monoisotopic (exact) mass is 392 g/mol. The lowest BCUT2D eigenvalue weighted by Crippen LogP contribution is -2.61. The smallest absolute Gasteiger partial charge is 0.278 e. The average Bonchev–Trinajstić information content (AvgIpc) is 2.65. The Kier molecular flexibility index (Phi) is 7.03. The van der Waals surface area contributed by atoms with Crippen LogP contribution in [0.5, 0.6) is 0 Å². The molecule has 1 unspecified atom stereocenters. The lowest BCUT2D eigenvalue weighted by atomic mass is 9.87. The van der Waals surface area contributed by atoms with Crippen molar-refractivity contribution in [1.82, 2.24) is 4.90 Å². The van der Waals surface area contributed by atoms with E-state index in [0.29, 0.717) is 26.2 Å². The zero-order valence-electron chi connectivity index (χ0n) is 16.8. The van der Waals surface area contributed by atoms with Gasteiger partial charge in [0.2, 0.25) is 5.91 Å². The van der Waals surface area contributed by atoms with Gasteiger partial charge in [-0.05, 0) is 37.0 Å². The molecule has 28 heavy (non-hydrogen) atoms. The zero-order chi connectivity index (χ0) is 21.1. The normalized spacial score (nSPS) is 19.0. The molecule has 0 bridgehead atoms. The molecule has 8 heteroatoms. The van der Waals surface area contributed by atoms with Gasteiger partial charge in [0.15, 0.2) is 0 Å². The molecule has 0 radical (unpaired) electrons. The fraction of sp³-hybridized carbons (Fsp3) is 0.600. The number of primary amides is 1. The van der Waals surface area contributed by atoms with Gasteiger partial charge in [-0.2, -0.15) is 0 Å². The van der Waals surface area contributed by atoms with Gasteiger partial charge in [-0.25, -0.2) is 0 Å². The third-order valence-electron chi connectivity index (χ3n) is 5.30. The summed E-state index contributed by atoms with van der Waals surface area (Å²) in [7, 11) is 0. The molecular weight excluding hydrogens is 360 g/mol. The predicted octanol–water partition coefficient (Wildman–Crippen LogP) is 0.0109. The van der Waals surface area contributed by atoms with Crippen molar-refractivity contribution in [3.8, 4) is 0 Å². The first-order chi connectivity index (χ1) is 13.1. The van der Waals surface area contributed by atoms with Gasteiger partial charge in [0, 0.05) is 37.9 Å². The van der Waals surface area contributed by atoms with Gasteiger partial charge in [-0.15, -0.1) is 0 Å². The van der Waals surface area contributed by atoms with E-state index < -0.39 is 23.5 Å². The number of rotatable bonds is 7. The topological polar surface area (TPSA) is 133 Å². The molecule has 1 heterocycles. The highest BCUT2D eigenvalue weighted by atomic mass is 16.5. The minimum atomic E-state index is -2.86. The van der Waals surface area contributed by atoms with E-state index in [1.54, 1.807) is 4.90 Å². The molecule has 1 aromatic carbocycles. The molecule has 1 saturated heterocycles. The Labute approximate surface area is 166 Å². The summed E-state index contributed by atoms with van der Waals surface area (Å²) in [5.74, 6) is -5.93. The van der Waals surface area contributed by atoms with Gasteiger partial charge < -0.3 is 31.5 Å². The number of nitrogens with zero attached hydrogens (tertiary/aromatic N) is 2. The summed E-state index contributed by atoms with van der Waals surface area (Å²) < 4.78 is 0. The Morgan fingerprint density at radius 1 is 1.21 bits per heavy atom. The molecule has 1 fully saturated rings. The van der Waals surface area contributed by atoms with Gasteiger partial charge in [-0.3, -0.25) is 9.59 Å². The van der Waals surface area contributed by atoms with Gasteiger partial charge in [0.25, 0.3) is 11.7 Å². The van der Waals surface area contributed by atoms with Crippen LogP contribution in [-0.4, -0.2) is 58.4 Å². The highest BCUT2D eigenvalue weighted by Gasteiger charge is 2.47. The summed E-state index contributed by atoms with van der Waals surface area (Å²) >= 11 is 0. The minimum absolute atomic E-state index is 0.00960. The SMILES string of the molecule is CC(C)CC(C(=O)N1CCN(c2ccc(CN)cc2)C[C@H]1C)C(O)(O)C(N)=O. The molecule has 1 aromatic rings. The van der Waals surface area contributed by atoms with E-state index in [9.17, 15) is 19.8 Å². The second-order valence-electron chi connectivity index (χ2n) is 7.97. The van der Waals surface area contributed by atoms with Crippen molar-refractivity contribution in [2.75, 3.05) is 24.5 Å². The Bertz CT molecular complexity index is 690. The number of hydrogen-bond donors (Lipinski definition) is 4. The fourth-order valence-electron chi connectivity index (χ4n) is 3.64. The summed E-state index contributed by atoms with van der Waals surface area (Å²) in [6.45, 7) is 7.72. The van der Waals surface area contributed by atoms with Crippen LogP contribution in [0.1, 0.15) is 32.8 Å². The average molecular weight is 393 g/mol. The first kappa shape index (κ1) is 22.1. The van der Waals surface area contributed by atoms with Gasteiger partial charge >= 0.3 is 0 Å². The second-order valence-corrected chi connectivity index (χ2v) is 7.97. The molecular formula is C20H32N4O4. The summed E-state index contributed by atoms with van der Waals surface area (Å²) in [5.41, 5.74) is 12.9. The van der Waals surface area contributed by atoms with Crippen LogP contribution in [0, 0.1) is 11.8 Å². The third-order valence-corrected chi connectivity index (χ3v) is 5.30. The first-order valence-corrected chi connectivity index (χ1v) is 9.67. The number of hydrogen-bond acceptors (Lipinski definition) is 6. The standard InChI is InChI=1S/C20H32N4O4/c1-13(2)10-17(20(27,28)19(22)26)18(25)24-9-8-23(12-14(24)3)16-6-4-15(11-21)5-7-16/h4-7,13-14,17,27-28H,8-12,21H2,1-3H3,(H2,22,26)/t14-,17?/m1/s1. The van der Waals surface area contributed by atoms with Crippen LogP contribution in [0.15, 0.2) is 24.3 Å². The number of carbonyl (C=O) groups excluding carboxylic acids is 2. The van der Waals surface area contributed by atoms with Crippen LogP contribution < -0.4 is 16.4 Å². The van der Waals surface area contributed by atoms with E-state index in [2.05, 4.69) is 4.90 Å². The van der Waals surface area contributed by atoms with Gasteiger partial charge in [0.1, 0.15) is 5.92 Å². The largest absolute Gasteiger partial charge is 0.368 e. The number of carbonyl (C=O) groups is 2. The van der Waals surface area contributed by atoms with E-state index >= 15 is 0 Å². The highest BCUT2D eigenvalue weighted by Crippen LogP contribution is 2.28. The van der Waals surface area contributed by atoms with Crippen LogP contribution in [0.4, 0.5) is 5.69 Å². The van der Waals surface area contributed by atoms with Crippen molar-refractivity contribution in [1.29, 1.82) is 0 Å². The fourth-order valence-corrected chi connectivity index (χ4v) is 3.64. The molecule has 8 nitrogen and oxygen atoms in total. The highest BCUT2D eigenvalue weighted by molar-refractivity contribution is 5.90. The molecule has 0 saturated carbocycles. The Hall–Kier alpha value is -2.16. The first-order valence-electron chi connectivity index (χ1n) is 9.67. The summed E-state index contributed by atoms with van der Waals surface area (Å²) in [6, 6.07) is 7.82. The lowest BCUT2D eigenvalue weighted by molar-refractivity contribution is -0.209. The van der Waals surface area contributed by atoms with Gasteiger partial charge in [-0.1, -0.05) is 26.0 Å². The number of benzene rings is 1. The number of amides is 2. The van der Waals surface area contributed by atoms with Crippen LogP contribution in [0.2, 0.25) is 0 Å². The molecule has 0 spiro atoms. The maximum Gasteiger partial charge on any atom is 0.278 e. The lowest BCUT2D eigenvalue weighted by Gasteiger charge is -2.43. The summed E-state index contributed by atoms with van der Waals surface area (Å²) in [4.78, 5) is 28.4. The zero-order valence-corrected chi connectivity index (χ0v) is 16.8. The number of piperazine rings is 1. The van der Waals surface area contributed by atoms with Crippen molar-refractivity contribution >= 4 is 17.5 Å².